The maximum Gasteiger partial charge on any atom is 0.0674 e. The van der Waals surface area contributed by atoms with Gasteiger partial charge >= 0.3 is 0 Å². The number of aryl methyl sites for hydroxylation is 2. The summed E-state index contributed by atoms with van der Waals surface area (Å²) >= 11 is 0. The highest BCUT2D eigenvalue weighted by molar-refractivity contribution is 5.39. The molecular formula is C11H12N2. The van der Waals surface area contributed by atoms with Crippen molar-refractivity contribution in [1.82, 2.24) is 9.78 Å². The highest BCUT2D eigenvalue weighted by Crippen LogP contribution is 2.12. The number of benzene rings is 1. The van der Waals surface area contributed by atoms with Gasteiger partial charge in [-0.3, -0.25) is 0 Å². The van der Waals surface area contributed by atoms with E-state index >= 15 is 0 Å². The molecule has 0 saturated heterocycles. The van der Waals surface area contributed by atoms with Crippen LogP contribution in [0.5, 0.6) is 0 Å². The zero-order valence-electron chi connectivity index (χ0n) is 7.86. The molecule has 0 fully saturated rings. The van der Waals surface area contributed by atoms with Crippen molar-refractivity contribution in [3.8, 4) is 5.69 Å². The fourth-order valence-corrected chi connectivity index (χ4v) is 1.37. The third-order valence-electron chi connectivity index (χ3n) is 2.08. The Kier molecular flexibility index (Phi) is 1.89. The van der Waals surface area contributed by atoms with Crippen LogP contribution in [-0.4, -0.2) is 9.78 Å². The van der Waals surface area contributed by atoms with Crippen molar-refractivity contribution in [3.63, 3.8) is 0 Å². The van der Waals surface area contributed by atoms with Crippen molar-refractivity contribution in [2.75, 3.05) is 0 Å². The molecule has 13 heavy (non-hydrogen) atoms. The van der Waals surface area contributed by atoms with Gasteiger partial charge in [0.2, 0.25) is 0 Å². The minimum absolute atomic E-state index is 1.04. The van der Waals surface area contributed by atoms with E-state index in [2.05, 4.69) is 24.2 Å². The van der Waals surface area contributed by atoms with Crippen LogP contribution in [0, 0.1) is 13.8 Å². The zero-order chi connectivity index (χ0) is 9.26. The van der Waals surface area contributed by atoms with E-state index in [1.807, 2.05) is 36.0 Å². The summed E-state index contributed by atoms with van der Waals surface area (Å²) in [6, 6.07) is 10.2. The first-order chi connectivity index (χ1) is 6.27. The molecule has 0 radical (unpaired) electrons. The third kappa shape index (κ3) is 1.47. The molecule has 2 heteroatoms. The lowest BCUT2D eigenvalue weighted by atomic mass is 10.2. The highest BCUT2D eigenvalue weighted by atomic mass is 15.3. The Morgan fingerprint density at radius 1 is 1.08 bits per heavy atom. The van der Waals surface area contributed by atoms with Crippen LogP contribution in [0.2, 0.25) is 0 Å². The largest absolute Gasteiger partial charge is 0.240 e. The first kappa shape index (κ1) is 8.05. The minimum atomic E-state index is 1.04. The molecule has 0 aliphatic heterocycles. The lowest BCUT2D eigenvalue weighted by Gasteiger charge is -2.04. The molecule has 2 nitrogen and oxygen atoms in total. The summed E-state index contributed by atoms with van der Waals surface area (Å²) in [7, 11) is 0. The quantitative estimate of drug-likeness (QED) is 0.646. The second-order valence-corrected chi connectivity index (χ2v) is 3.19. The summed E-state index contributed by atoms with van der Waals surface area (Å²) in [5.74, 6) is 0. The smallest absolute Gasteiger partial charge is 0.0674 e. The molecule has 1 aromatic heterocycles. The summed E-state index contributed by atoms with van der Waals surface area (Å²) in [6.07, 6.45) is 1.98. The fourth-order valence-electron chi connectivity index (χ4n) is 1.37. The number of nitrogens with zero attached hydrogens (tertiary/aromatic N) is 2. The molecular weight excluding hydrogens is 160 g/mol. The Bertz CT molecular complexity index is 416. The van der Waals surface area contributed by atoms with Crippen LogP contribution in [0.15, 0.2) is 36.5 Å². The Morgan fingerprint density at radius 2 is 1.85 bits per heavy atom. The van der Waals surface area contributed by atoms with Crippen LogP contribution in [0.4, 0.5) is 0 Å². The molecule has 0 spiro atoms. The standard InChI is InChI=1S/C11H12N2/c1-9-5-3-4-6-11(9)13-8-7-10(2)12-13/h3-8H,1-2H3. The van der Waals surface area contributed by atoms with Gasteiger partial charge in [0.1, 0.15) is 0 Å². The Hall–Kier alpha value is -1.57. The molecule has 1 aromatic carbocycles. The molecule has 2 rings (SSSR count). The predicted octanol–water partition coefficient (Wildman–Crippen LogP) is 2.49. The van der Waals surface area contributed by atoms with Crippen LogP contribution < -0.4 is 0 Å². The molecule has 0 N–H and O–H groups in total. The number of hydrogen-bond donors (Lipinski definition) is 0. The third-order valence-corrected chi connectivity index (χ3v) is 2.08. The first-order valence-electron chi connectivity index (χ1n) is 4.35. The maximum atomic E-state index is 4.36. The van der Waals surface area contributed by atoms with Gasteiger partial charge in [-0.05, 0) is 31.5 Å². The van der Waals surface area contributed by atoms with E-state index in [0.717, 1.165) is 11.4 Å². The van der Waals surface area contributed by atoms with Gasteiger partial charge in [0.25, 0.3) is 0 Å². The van der Waals surface area contributed by atoms with Gasteiger partial charge in [-0.1, -0.05) is 18.2 Å². The van der Waals surface area contributed by atoms with E-state index in [1.165, 1.54) is 5.56 Å². The molecule has 1 heterocycles. The monoisotopic (exact) mass is 172 g/mol. The van der Waals surface area contributed by atoms with Crippen molar-refractivity contribution >= 4 is 0 Å². The average molecular weight is 172 g/mol. The van der Waals surface area contributed by atoms with Gasteiger partial charge in [0.05, 0.1) is 11.4 Å². The van der Waals surface area contributed by atoms with Crippen LogP contribution in [-0.2, 0) is 0 Å². The zero-order valence-corrected chi connectivity index (χ0v) is 7.86. The van der Waals surface area contributed by atoms with Gasteiger partial charge in [0, 0.05) is 6.20 Å². The second-order valence-electron chi connectivity index (χ2n) is 3.19. The topological polar surface area (TPSA) is 17.8 Å². The van der Waals surface area contributed by atoms with Crippen LogP contribution in [0.1, 0.15) is 11.3 Å². The normalized spacial score (nSPS) is 10.3. The summed E-state index contributed by atoms with van der Waals surface area (Å²) in [4.78, 5) is 0. The predicted molar refractivity (Wildman–Crippen MR) is 53.0 cm³/mol. The summed E-state index contributed by atoms with van der Waals surface area (Å²) in [5.41, 5.74) is 3.43. The molecule has 2 aromatic rings. The van der Waals surface area contributed by atoms with Gasteiger partial charge < -0.3 is 0 Å². The molecule has 0 aliphatic carbocycles. The molecule has 0 saturated carbocycles. The summed E-state index contributed by atoms with van der Waals surface area (Å²) < 4.78 is 1.91. The molecule has 0 amide bonds. The lowest BCUT2D eigenvalue weighted by Crippen LogP contribution is -1.97. The first-order valence-corrected chi connectivity index (χ1v) is 4.35. The molecule has 0 unspecified atom stereocenters. The van der Waals surface area contributed by atoms with E-state index < -0.39 is 0 Å². The maximum absolute atomic E-state index is 4.36. The molecule has 0 bridgehead atoms. The number of rotatable bonds is 1. The minimum Gasteiger partial charge on any atom is -0.240 e. The SMILES string of the molecule is Cc1ccn(-c2ccccc2C)n1. The Labute approximate surface area is 77.8 Å². The van der Waals surface area contributed by atoms with E-state index in [4.69, 9.17) is 0 Å². The number of hydrogen-bond acceptors (Lipinski definition) is 1. The van der Waals surface area contributed by atoms with Crippen molar-refractivity contribution < 1.29 is 0 Å². The van der Waals surface area contributed by atoms with Gasteiger partial charge in [-0.2, -0.15) is 5.10 Å². The van der Waals surface area contributed by atoms with E-state index in [-0.39, 0.29) is 0 Å². The number of para-hydroxylation sites is 1. The van der Waals surface area contributed by atoms with Crippen molar-refractivity contribution in [1.29, 1.82) is 0 Å². The summed E-state index contributed by atoms with van der Waals surface area (Å²) in [6.45, 7) is 4.08. The van der Waals surface area contributed by atoms with E-state index in [9.17, 15) is 0 Å². The molecule has 0 aliphatic rings. The molecule has 0 atom stereocenters. The van der Waals surface area contributed by atoms with Crippen LogP contribution >= 0.6 is 0 Å². The van der Waals surface area contributed by atoms with Crippen LogP contribution in [0.25, 0.3) is 5.69 Å². The number of aromatic nitrogens is 2. The Balaban J connectivity index is 2.52. The van der Waals surface area contributed by atoms with Crippen molar-refractivity contribution in [2.24, 2.45) is 0 Å². The lowest BCUT2D eigenvalue weighted by molar-refractivity contribution is 0.856. The summed E-state index contributed by atoms with van der Waals surface area (Å²) in [5, 5.41) is 4.36. The van der Waals surface area contributed by atoms with Crippen LogP contribution in [0.3, 0.4) is 0 Å². The van der Waals surface area contributed by atoms with E-state index in [1.54, 1.807) is 0 Å². The van der Waals surface area contributed by atoms with Crippen molar-refractivity contribution in [3.05, 3.63) is 47.8 Å². The van der Waals surface area contributed by atoms with Gasteiger partial charge in [-0.15, -0.1) is 0 Å². The van der Waals surface area contributed by atoms with Gasteiger partial charge in [-0.25, -0.2) is 4.68 Å². The second kappa shape index (κ2) is 3.05. The average Bonchev–Trinajstić information content (AvgIpc) is 2.53. The highest BCUT2D eigenvalue weighted by Gasteiger charge is 1.99. The van der Waals surface area contributed by atoms with Gasteiger partial charge in [0.15, 0.2) is 0 Å². The van der Waals surface area contributed by atoms with Crippen molar-refractivity contribution in [2.45, 2.75) is 13.8 Å². The van der Waals surface area contributed by atoms with E-state index in [0.29, 0.717) is 0 Å². The molecule has 66 valence electrons. The Morgan fingerprint density at radius 3 is 2.46 bits per heavy atom. The fraction of sp³-hybridized carbons (Fsp3) is 0.182.